The molecule has 2 heterocycles. The SMILES string of the molecule is CN=C(NCC1CCN(S(C)(=O)=O)C1)N(C)Cc1cn(C)nc1C(C)C. The highest BCUT2D eigenvalue weighted by molar-refractivity contribution is 7.88. The molecule has 1 saturated heterocycles. The molecule has 0 radical (unpaired) electrons. The van der Waals surface area contributed by atoms with Crippen molar-refractivity contribution in [2.45, 2.75) is 32.7 Å². The first-order chi connectivity index (χ1) is 12.1. The average molecular weight is 385 g/mol. The van der Waals surface area contributed by atoms with E-state index in [-0.39, 0.29) is 0 Å². The number of nitrogens with zero attached hydrogens (tertiary/aromatic N) is 5. The molecular weight excluding hydrogens is 352 g/mol. The van der Waals surface area contributed by atoms with Crippen molar-refractivity contribution in [1.29, 1.82) is 0 Å². The molecule has 1 N–H and O–H groups in total. The Morgan fingerprint density at radius 3 is 2.73 bits per heavy atom. The van der Waals surface area contributed by atoms with Gasteiger partial charge in [-0.25, -0.2) is 12.7 Å². The highest BCUT2D eigenvalue weighted by Gasteiger charge is 2.28. The Bertz CT molecular complexity index is 740. The van der Waals surface area contributed by atoms with Crippen molar-refractivity contribution in [3.8, 4) is 0 Å². The van der Waals surface area contributed by atoms with E-state index in [1.165, 1.54) is 11.8 Å². The summed E-state index contributed by atoms with van der Waals surface area (Å²) in [6, 6.07) is 0. The third kappa shape index (κ3) is 5.20. The van der Waals surface area contributed by atoms with Crippen molar-refractivity contribution in [1.82, 2.24) is 24.3 Å². The Hall–Kier alpha value is -1.61. The van der Waals surface area contributed by atoms with E-state index in [0.717, 1.165) is 24.6 Å². The molecule has 1 aromatic heterocycles. The van der Waals surface area contributed by atoms with Gasteiger partial charge in [-0.05, 0) is 18.3 Å². The van der Waals surface area contributed by atoms with E-state index in [4.69, 9.17) is 0 Å². The van der Waals surface area contributed by atoms with Gasteiger partial charge in [-0.2, -0.15) is 5.10 Å². The largest absolute Gasteiger partial charge is 0.356 e. The molecule has 0 amide bonds. The van der Waals surface area contributed by atoms with Gasteiger partial charge in [0, 0.05) is 59.1 Å². The van der Waals surface area contributed by atoms with Crippen molar-refractivity contribution in [3.63, 3.8) is 0 Å². The van der Waals surface area contributed by atoms with Crippen molar-refractivity contribution in [3.05, 3.63) is 17.5 Å². The van der Waals surface area contributed by atoms with Crippen LogP contribution in [0.15, 0.2) is 11.2 Å². The predicted molar refractivity (Wildman–Crippen MR) is 105 cm³/mol. The number of aliphatic imine (C=N–C) groups is 1. The number of aromatic nitrogens is 2. The second-order valence-corrected chi connectivity index (χ2v) is 9.41. The summed E-state index contributed by atoms with van der Waals surface area (Å²) in [6.45, 7) is 6.91. The van der Waals surface area contributed by atoms with E-state index in [2.05, 4.69) is 40.4 Å². The van der Waals surface area contributed by atoms with Crippen molar-refractivity contribution >= 4 is 16.0 Å². The smallest absolute Gasteiger partial charge is 0.211 e. The number of nitrogens with one attached hydrogen (secondary N) is 1. The second-order valence-electron chi connectivity index (χ2n) is 7.43. The van der Waals surface area contributed by atoms with E-state index in [0.29, 0.717) is 31.5 Å². The zero-order valence-corrected chi connectivity index (χ0v) is 17.5. The second kappa shape index (κ2) is 8.39. The van der Waals surface area contributed by atoms with Crippen LogP contribution in [-0.4, -0.2) is 73.3 Å². The fourth-order valence-electron chi connectivity index (χ4n) is 3.38. The zero-order valence-electron chi connectivity index (χ0n) is 16.7. The lowest BCUT2D eigenvalue weighted by Crippen LogP contribution is -2.41. The maximum Gasteiger partial charge on any atom is 0.211 e. The maximum atomic E-state index is 11.6. The third-order valence-electron chi connectivity index (χ3n) is 4.73. The van der Waals surface area contributed by atoms with Crippen molar-refractivity contribution in [2.75, 3.05) is 40.0 Å². The lowest BCUT2D eigenvalue weighted by molar-refractivity contribution is 0.442. The number of rotatable bonds is 6. The normalized spacial score (nSPS) is 19.3. The molecule has 1 atom stereocenters. The van der Waals surface area contributed by atoms with Crippen molar-refractivity contribution in [2.24, 2.45) is 18.0 Å². The van der Waals surface area contributed by atoms with Crippen LogP contribution in [0.5, 0.6) is 0 Å². The Labute approximate surface area is 157 Å². The summed E-state index contributed by atoms with van der Waals surface area (Å²) in [5.74, 6) is 1.48. The molecule has 1 unspecified atom stereocenters. The predicted octanol–water partition coefficient (Wildman–Crippen LogP) is 0.832. The minimum atomic E-state index is -3.09. The van der Waals surface area contributed by atoms with E-state index in [1.54, 1.807) is 11.4 Å². The topological polar surface area (TPSA) is 82.8 Å². The first-order valence-corrected chi connectivity index (χ1v) is 10.9. The van der Waals surface area contributed by atoms with Crippen LogP contribution in [0.2, 0.25) is 0 Å². The van der Waals surface area contributed by atoms with Crippen LogP contribution in [0.25, 0.3) is 0 Å². The van der Waals surface area contributed by atoms with Crippen LogP contribution in [0.3, 0.4) is 0 Å². The zero-order chi connectivity index (χ0) is 19.5. The Morgan fingerprint density at radius 2 is 2.19 bits per heavy atom. The molecular formula is C17H32N6O2S. The molecule has 1 aliphatic rings. The number of sulfonamides is 1. The summed E-state index contributed by atoms with van der Waals surface area (Å²) in [5.41, 5.74) is 2.30. The molecule has 9 heteroatoms. The van der Waals surface area contributed by atoms with Crippen LogP contribution >= 0.6 is 0 Å². The monoisotopic (exact) mass is 384 g/mol. The van der Waals surface area contributed by atoms with Crippen LogP contribution in [-0.2, 0) is 23.6 Å². The number of hydrogen-bond donors (Lipinski definition) is 1. The Morgan fingerprint density at radius 1 is 1.50 bits per heavy atom. The van der Waals surface area contributed by atoms with Crippen LogP contribution < -0.4 is 5.32 Å². The highest BCUT2D eigenvalue weighted by atomic mass is 32.2. The molecule has 0 bridgehead atoms. The highest BCUT2D eigenvalue weighted by Crippen LogP contribution is 2.19. The minimum Gasteiger partial charge on any atom is -0.356 e. The average Bonchev–Trinajstić information content (AvgIpc) is 3.14. The first-order valence-electron chi connectivity index (χ1n) is 9.01. The van der Waals surface area contributed by atoms with Crippen LogP contribution in [0, 0.1) is 5.92 Å². The lowest BCUT2D eigenvalue weighted by atomic mass is 10.1. The van der Waals surface area contributed by atoms with E-state index in [1.807, 2.05) is 18.8 Å². The molecule has 0 aromatic carbocycles. The van der Waals surface area contributed by atoms with Gasteiger partial charge in [-0.1, -0.05) is 13.8 Å². The van der Waals surface area contributed by atoms with Crippen LogP contribution in [0.4, 0.5) is 0 Å². The number of hydrogen-bond acceptors (Lipinski definition) is 4. The molecule has 1 fully saturated rings. The minimum absolute atomic E-state index is 0.305. The molecule has 1 aromatic rings. The summed E-state index contributed by atoms with van der Waals surface area (Å²) >= 11 is 0. The van der Waals surface area contributed by atoms with Gasteiger partial charge in [-0.15, -0.1) is 0 Å². The standard InChI is InChI=1S/C17H32N6O2S/c1-13(2)16-15(12-22(5)20-16)11-21(4)17(18-3)19-9-14-7-8-23(10-14)26(6,24)25/h12-14H,7-11H2,1-6H3,(H,18,19). The first kappa shape index (κ1) is 20.7. The lowest BCUT2D eigenvalue weighted by Gasteiger charge is -2.23. The molecule has 8 nitrogen and oxygen atoms in total. The van der Waals surface area contributed by atoms with E-state index in [9.17, 15) is 8.42 Å². The molecule has 2 rings (SSSR count). The van der Waals surface area contributed by atoms with Gasteiger partial charge in [0.2, 0.25) is 10.0 Å². The molecule has 148 valence electrons. The van der Waals surface area contributed by atoms with Gasteiger partial charge in [-0.3, -0.25) is 9.67 Å². The van der Waals surface area contributed by atoms with Crippen molar-refractivity contribution < 1.29 is 8.42 Å². The number of aryl methyl sites for hydroxylation is 1. The van der Waals surface area contributed by atoms with Gasteiger partial charge >= 0.3 is 0 Å². The van der Waals surface area contributed by atoms with Gasteiger partial charge in [0.15, 0.2) is 5.96 Å². The fraction of sp³-hybridized carbons (Fsp3) is 0.765. The fourth-order valence-corrected chi connectivity index (χ4v) is 4.30. The third-order valence-corrected chi connectivity index (χ3v) is 6.00. The van der Waals surface area contributed by atoms with Gasteiger partial charge in [0.25, 0.3) is 0 Å². The summed E-state index contributed by atoms with van der Waals surface area (Å²) in [5, 5.41) is 7.94. The van der Waals surface area contributed by atoms with E-state index >= 15 is 0 Å². The molecule has 1 aliphatic heterocycles. The van der Waals surface area contributed by atoms with Crippen LogP contribution in [0.1, 0.15) is 37.4 Å². The summed E-state index contributed by atoms with van der Waals surface area (Å²) in [6.07, 6.45) is 4.21. The Kier molecular flexibility index (Phi) is 6.68. The molecule has 26 heavy (non-hydrogen) atoms. The molecule has 0 saturated carbocycles. The van der Waals surface area contributed by atoms with E-state index < -0.39 is 10.0 Å². The number of guanidine groups is 1. The molecule has 0 aliphatic carbocycles. The summed E-state index contributed by atoms with van der Waals surface area (Å²) in [7, 11) is 2.62. The van der Waals surface area contributed by atoms with Gasteiger partial charge in [0.05, 0.1) is 11.9 Å². The quantitative estimate of drug-likeness (QED) is 0.580. The Balaban J connectivity index is 1.93. The van der Waals surface area contributed by atoms with Gasteiger partial charge in [0.1, 0.15) is 0 Å². The summed E-state index contributed by atoms with van der Waals surface area (Å²) in [4.78, 5) is 6.44. The molecule has 0 spiro atoms. The van der Waals surface area contributed by atoms with Gasteiger partial charge < -0.3 is 10.2 Å². The summed E-state index contributed by atoms with van der Waals surface area (Å²) < 4.78 is 26.7. The maximum absolute atomic E-state index is 11.6.